The predicted octanol–water partition coefficient (Wildman–Crippen LogP) is 3.43. The highest BCUT2D eigenvalue weighted by Crippen LogP contribution is 2.31. The summed E-state index contributed by atoms with van der Waals surface area (Å²) in [5.74, 6) is -0.231. The molecule has 1 atom stereocenters. The Bertz CT molecular complexity index is 873. The monoisotopic (exact) mass is 411 g/mol. The first-order valence-electron chi connectivity index (χ1n) is 10.2. The van der Waals surface area contributed by atoms with E-state index >= 15 is 0 Å². The average Bonchev–Trinajstić information content (AvgIpc) is 2.96. The van der Waals surface area contributed by atoms with Crippen molar-refractivity contribution in [3.63, 3.8) is 0 Å². The number of hydrogen-bond acceptors (Lipinski definition) is 3. The van der Waals surface area contributed by atoms with Gasteiger partial charge in [0.15, 0.2) is 0 Å². The van der Waals surface area contributed by atoms with E-state index in [1.54, 1.807) is 11.0 Å². The summed E-state index contributed by atoms with van der Waals surface area (Å²) in [5.41, 5.74) is 1.99. The molecule has 0 aromatic heterocycles. The van der Waals surface area contributed by atoms with Gasteiger partial charge < -0.3 is 9.80 Å². The van der Waals surface area contributed by atoms with Crippen LogP contribution >= 0.6 is 11.6 Å². The van der Waals surface area contributed by atoms with E-state index in [0.717, 1.165) is 32.6 Å². The number of anilines is 1. The van der Waals surface area contributed by atoms with Gasteiger partial charge >= 0.3 is 0 Å². The van der Waals surface area contributed by atoms with Crippen LogP contribution in [0.5, 0.6) is 0 Å². The molecule has 0 N–H and O–H groups in total. The van der Waals surface area contributed by atoms with Gasteiger partial charge in [0.05, 0.1) is 16.6 Å². The summed E-state index contributed by atoms with van der Waals surface area (Å²) in [6.07, 6.45) is 1.21. The predicted molar refractivity (Wildman–Crippen MR) is 115 cm³/mol. The molecule has 2 amide bonds. The van der Waals surface area contributed by atoms with Gasteiger partial charge in [-0.1, -0.05) is 54.1 Å². The Kier molecular flexibility index (Phi) is 6.16. The lowest BCUT2D eigenvalue weighted by atomic mass is 10.1. The minimum Gasteiger partial charge on any atom is -0.341 e. The Labute approximate surface area is 176 Å². The summed E-state index contributed by atoms with van der Waals surface area (Å²) in [5, 5.41) is 0.542. The topological polar surface area (TPSA) is 43.9 Å². The van der Waals surface area contributed by atoms with Crippen LogP contribution in [0.1, 0.15) is 18.4 Å². The molecule has 6 heteroatoms. The molecule has 2 aromatic carbocycles. The maximum Gasteiger partial charge on any atom is 0.228 e. The SMILES string of the molecule is O=C(C1CC(=O)N(c2ccccc2Cl)C1)N1CCCN(Cc2ccccc2)CC1. The molecule has 2 aliphatic heterocycles. The molecule has 4 rings (SSSR count). The summed E-state index contributed by atoms with van der Waals surface area (Å²) < 4.78 is 0. The Morgan fingerprint density at radius 3 is 2.52 bits per heavy atom. The van der Waals surface area contributed by atoms with Crippen molar-refractivity contribution < 1.29 is 9.59 Å². The van der Waals surface area contributed by atoms with Crippen molar-refractivity contribution in [1.29, 1.82) is 0 Å². The molecule has 0 spiro atoms. The Hall–Kier alpha value is -2.37. The highest BCUT2D eigenvalue weighted by Gasteiger charge is 2.38. The van der Waals surface area contributed by atoms with E-state index in [4.69, 9.17) is 11.6 Å². The molecule has 5 nitrogen and oxygen atoms in total. The van der Waals surface area contributed by atoms with E-state index in [0.29, 0.717) is 23.8 Å². The molecule has 0 saturated carbocycles. The Balaban J connectivity index is 1.36. The second-order valence-electron chi connectivity index (χ2n) is 7.80. The zero-order valence-corrected chi connectivity index (χ0v) is 17.2. The number of carbonyl (C=O) groups excluding carboxylic acids is 2. The number of nitrogens with zero attached hydrogens (tertiary/aromatic N) is 3. The van der Waals surface area contributed by atoms with Crippen LogP contribution in [0.2, 0.25) is 5.02 Å². The van der Waals surface area contributed by atoms with Crippen LogP contribution in [0.25, 0.3) is 0 Å². The van der Waals surface area contributed by atoms with Crippen LogP contribution in [-0.2, 0) is 16.1 Å². The second kappa shape index (κ2) is 8.97. The van der Waals surface area contributed by atoms with E-state index in [1.165, 1.54) is 5.56 Å². The van der Waals surface area contributed by atoms with Crippen LogP contribution in [0.3, 0.4) is 0 Å². The van der Waals surface area contributed by atoms with Crippen molar-refractivity contribution in [2.24, 2.45) is 5.92 Å². The Morgan fingerprint density at radius 1 is 0.966 bits per heavy atom. The molecule has 0 aliphatic carbocycles. The van der Waals surface area contributed by atoms with Crippen LogP contribution in [0, 0.1) is 5.92 Å². The molecule has 2 fully saturated rings. The molecule has 2 aliphatic rings. The van der Waals surface area contributed by atoms with Gasteiger partial charge in [-0.05, 0) is 24.1 Å². The third-order valence-electron chi connectivity index (χ3n) is 5.77. The van der Waals surface area contributed by atoms with Crippen LogP contribution in [0.4, 0.5) is 5.69 Å². The van der Waals surface area contributed by atoms with Crippen LogP contribution in [-0.4, -0.2) is 54.3 Å². The highest BCUT2D eigenvalue weighted by atomic mass is 35.5. The normalized spacial score (nSPS) is 20.7. The molecule has 2 heterocycles. The van der Waals surface area contributed by atoms with Crippen molar-refractivity contribution in [2.45, 2.75) is 19.4 Å². The summed E-state index contributed by atoms with van der Waals surface area (Å²) >= 11 is 6.25. The van der Waals surface area contributed by atoms with E-state index in [1.807, 2.05) is 29.2 Å². The minimum absolute atomic E-state index is 0.0306. The fraction of sp³-hybridized carbons (Fsp3) is 0.391. The molecule has 2 aromatic rings. The van der Waals surface area contributed by atoms with Crippen LogP contribution in [0.15, 0.2) is 54.6 Å². The molecular formula is C23H26ClN3O2. The molecule has 2 saturated heterocycles. The molecule has 1 unspecified atom stereocenters. The van der Waals surface area contributed by atoms with Crippen molar-refractivity contribution >= 4 is 29.1 Å². The zero-order chi connectivity index (χ0) is 20.2. The van der Waals surface area contributed by atoms with Crippen molar-refractivity contribution in [3.8, 4) is 0 Å². The number of halogens is 1. The standard InChI is InChI=1S/C23H26ClN3O2/c24-20-9-4-5-10-21(20)27-17-19(15-22(27)28)23(29)26-12-6-11-25(13-14-26)16-18-7-2-1-3-8-18/h1-5,7-10,19H,6,11-17H2. The number of benzene rings is 2. The summed E-state index contributed by atoms with van der Waals surface area (Å²) in [6, 6.07) is 17.7. The lowest BCUT2D eigenvalue weighted by Crippen LogP contribution is -2.39. The van der Waals surface area contributed by atoms with Gasteiger partial charge in [-0.3, -0.25) is 14.5 Å². The van der Waals surface area contributed by atoms with E-state index in [-0.39, 0.29) is 24.2 Å². The van der Waals surface area contributed by atoms with Crippen LogP contribution < -0.4 is 4.90 Å². The molecule has 29 heavy (non-hydrogen) atoms. The number of rotatable bonds is 4. The number of hydrogen-bond donors (Lipinski definition) is 0. The molecular weight excluding hydrogens is 386 g/mol. The quantitative estimate of drug-likeness (QED) is 0.774. The fourth-order valence-corrected chi connectivity index (χ4v) is 4.46. The van der Waals surface area contributed by atoms with Gasteiger partial charge in [0.2, 0.25) is 11.8 Å². The second-order valence-corrected chi connectivity index (χ2v) is 8.20. The van der Waals surface area contributed by atoms with Crippen molar-refractivity contribution in [1.82, 2.24) is 9.80 Å². The maximum absolute atomic E-state index is 13.1. The molecule has 0 radical (unpaired) electrons. The summed E-state index contributed by atoms with van der Waals surface area (Å²) in [6.45, 7) is 4.61. The third-order valence-corrected chi connectivity index (χ3v) is 6.09. The van der Waals surface area contributed by atoms with Gasteiger partial charge in [-0.15, -0.1) is 0 Å². The largest absolute Gasteiger partial charge is 0.341 e. The maximum atomic E-state index is 13.1. The third kappa shape index (κ3) is 4.62. The van der Waals surface area contributed by atoms with E-state index < -0.39 is 0 Å². The number of amides is 2. The number of carbonyl (C=O) groups is 2. The lowest BCUT2D eigenvalue weighted by Gasteiger charge is -2.25. The van der Waals surface area contributed by atoms with Gasteiger partial charge in [-0.2, -0.15) is 0 Å². The summed E-state index contributed by atoms with van der Waals surface area (Å²) in [4.78, 5) is 31.7. The van der Waals surface area contributed by atoms with E-state index in [9.17, 15) is 9.59 Å². The smallest absolute Gasteiger partial charge is 0.228 e. The van der Waals surface area contributed by atoms with Gasteiger partial charge in [0.25, 0.3) is 0 Å². The Morgan fingerprint density at radius 2 is 1.72 bits per heavy atom. The highest BCUT2D eigenvalue weighted by molar-refractivity contribution is 6.33. The molecule has 152 valence electrons. The lowest BCUT2D eigenvalue weighted by molar-refractivity contribution is -0.135. The minimum atomic E-state index is -0.292. The van der Waals surface area contributed by atoms with Crippen molar-refractivity contribution in [3.05, 3.63) is 65.2 Å². The first-order valence-corrected chi connectivity index (χ1v) is 10.6. The van der Waals surface area contributed by atoms with Gasteiger partial charge in [0.1, 0.15) is 0 Å². The molecule has 0 bridgehead atoms. The first kappa shape index (κ1) is 19.9. The summed E-state index contributed by atoms with van der Waals surface area (Å²) in [7, 11) is 0. The first-order chi connectivity index (χ1) is 14.1. The zero-order valence-electron chi connectivity index (χ0n) is 16.5. The fourth-order valence-electron chi connectivity index (χ4n) is 4.23. The van der Waals surface area contributed by atoms with Gasteiger partial charge in [0, 0.05) is 45.7 Å². The van der Waals surface area contributed by atoms with E-state index in [2.05, 4.69) is 29.2 Å². The number of para-hydroxylation sites is 1. The average molecular weight is 412 g/mol. The van der Waals surface area contributed by atoms with Crippen molar-refractivity contribution in [2.75, 3.05) is 37.6 Å². The van der Waals surface area contributed by atoms with Gasteiger partial charge in [-0.25, -0.2) is 0 Å².